The zero-order valence-corrected chi connectivity index (χ0v) is 10.3. The molecular weight excluding hydrogens is 224 g/mol. The van der Waals surface area contributed by atoms with Crippen molar-refractivity contribution >= 4 is 17.8 Å². The molecular formula is C11H20N2O2S. The number of carbonyl (C=O) groups is 1. The van der Waals surface area contributed by atoms with Crippen LogP contribution in [-0.2, 0) is 0 Å². The normalized spacial score (nSPS) is 17.3. The second-order valence-corrected chi connectivity index (χ2v) is 5.20. The van der Waals surface area contributed by atoms with E-state index in [4.69, 9.17) is 0 Å². The highest BCUT2D eigenvalue weighted by Crippen LogP contribution is 2.30. The first-order valence-electron chi connectivity index (χ1n) is 5.59. The fourth-order valence-electron chi connectivity index (χ4n) is 1.47. The number of carbonyl (C=O) groups excluding carboxylic acids is 1. The highest BCUT2D eigenvalue weighted by Gasteiger charge is 2.34. The van der Waals surface area contributed by atoms with Crippen LogP contribution in [0.15, 0.2) is 12.7 Å². The lowest BCUT2D eigenvalue weighted by Crippen LogP contribution is -2.50. The van der Waals surface area contributed by atoms with E-state index in [0.29, 0.717) is 13.1 Å². The van der Waals surface area contributed by atoms with Crippen molar-refractivity contribution in [2.24, 2.45) is 0 Å². The van der Waals surface area contributed by atoms with Crippen LogP contribution in [0.5, 0.6) is 0 Å². The van der Waals surface area contributed by atoms with Crippen LogP contribution in [0.3, 0.4) is 0 Å². The first-order chi connectivity index (χ1) is 7.66. The minimum atomic E-state index is -0.644. The fourth-order valence-corrected chi connectivity index (χ4v) is 2.05. The van der Waals surface area contributed by atoms with Gasteiger partial charge in [0.1, 0.15) is 0 Å². The predicted molar refractivity (Wildman–Crippen MR) is 67.7 cm³/mol. The number of rotatable bonds is 7. The lowest BCUT2D eigenvalue weighted by atomic mass is 9.80. The van der Waals surface area contributed by atoms with Crippen molar-refractivity contribution in [2.75, 3.05) is 24.6 Å². The Morgan fingerprint density at radius 3 is 2.81 bits per heavy atom. The molecule has 0 spiro atoms. The summed E-state index contributed by atoms with van der Waals surface area (Å²) >= 11 is 1.72. The third kappa shape index (κ3) is 4.90. The molecule has 1 aliphatic rings. The Labute approximate surface area is 101 Å². The molecule has 0 saturated heterocycles. The monoisotopic (exact) mass is 244 g/mol. The van der Waals surface area contributed by atoms with Gasteiger partial charge in [-0.15, -0.1) is 6.58 Å². The first kappa shape index (κ1) is 13.4. The van der Waals surface area contributed by atoms with Gasteiger partial charge in [-0.1, -0.05) is 6.08 Å². The summed E-state index contributed by atoms with van der Waals surface area (Å²) in [6, 6.07) is -0.195. The molecule has 2 amide bonds. The predicted octanol–water partition coefficient (Wildman–Crippen LogP) is 1.12. The summed E-state index contributed by atoms with van der Waals surface area (Å²) in [5, 5.41) is 15.2. The molecule has 0 bridgehead atoms. The Bertz CT molecular complexity index is 242. The number of hydrogen-bond acceptors (Lipinski definition) is 3. The molecule has 5 heteroatoms. The standard InChI is InChI=1S/C11H20N2O2S/c1-2-7-16-8-6-12-10(14)13-9-11(15)4-3-5-11/h2,15H,1,3-9H2,(H2,12,13,14). The maximum absolute atomic E-state index is 11.3. The molecule has 0 unspecified atom stereocenters. The van der Waals surface area contributed by atoms with E-state index < -0.39 is 5.60 Å². The van der Waals surface area contributed by atoms with Gasteiger partial charge in [-0.2, -0.15) is 11.8 Å². The summed E-state index contributed by atoms with van der Waals surface area (Å²) in [5.74, 6) is 1.78. The summed E-state index contributed by atoms with van der Waals surface area (Å²) in [5.41, 5.74) is -0.644. The number of hydrogen-bond donors (Lipinski definition) is 3. The quantitative estimate of drug-likeness (QED) is 0.464. The fraction of sp³-hybridized carbons (Fsp3) is 0.727. The molecule has 1 aliphatic carbocycles. The summed E-state index contributed by atoms with van der Waals surface area (Å²) in [7, 11) is 0. The molecule has 16 heavy (non-hydrogen) atoms. The van der Waals surface area contributed by atoms with E-state index in [1.165, 1.54) is 0 Å². The van der Waals surface area contributed by atoms with Gasteiger partial charge in [0.2, 0.25) is 0 Å². The molecule has 4 nitrogen and oxygen atoms in total. The van der Waals surface area contributed by atoms with Gasteiger partial charge >= 0.3 is 6.03 Å². The van der Waals surface area contributed by atoms with E-state index in [1.807, 2.05) is 6.08 Å². The third-order valence-corrected chi connectivity index (χ3v) is 3.59. The molecule has 0 aromatic rings. The van der Waals surface area contributed by atoms with Crippen molar-refractivity contribution in [1.29, 1.82) is 0 Å². The van der Waals surface area contributed by atoms with Gasteiger partial charge in [-0.3, -0.25) is 0 Å². The van der Waals surface area contributed by atoms with Crippen LogP contribution < -0.4 is 10.6 Å². The number of amides is 2. The number of urea groups is 1. The molecule has 1 saturated carbocycles. The molecule has 1 rings (SSSR count). The molecule has 0 aliphatic heterocycles. The van der Waals surface area contributed by atoms with Crippen LogP contribution in [-0.4, -0.2) is 41.3 Å². The zero-order valence-electron chi connectivity index (χ0n) is 9.50. The highest BCUT2D eigenvalue weighted by atomic mass is 32.2. The summed E-state index contributed by atoms with van der Waals surface area (Å²) in [6.07, 6.45) is 4.49. The van der Waals surface area contributed by atoms with Crippen molar-refractivity contribution in [3.8, 4) is 0 Å². The average Bonchev–Trinajstić information content (AvgIpc) is 2.23. The van der Waals surface area contributed by atoms with Gasteiger partial charge in [0.25, 0.3) is 0 Å². The molecule has 0 aromatic carbocycles. The topological polar surface area (TPSA) is 61.4 Å². The Morgan fingerprint density at radius 1 is 1.50 bits per heavy atom. The number of aliphatic hydroxyl groups is 1. The number of thioether (sulfide) groups is 1. The Kier molecular flexibility index (Phi) is 5.69. The summed E-state index contributed by atoms with van der Waals surface area (Å²) < 4.78 is 0. The Balaban J connectivity index is 1.96. The van der Waals surface area contributed by atoms with E-state index in [2.05, 4.69) is 17.2 Å². The van der Waals surface area contributed by atoms with Crippen molar-refractivity contribution in [1.82, 2.24) is 10.6 Å². The largest absolute Gasteiger partial charge is 0.388 e. The third-order valence-electron chi connectivity index (χ3n) is 2.63. The average molecular weight is 244 g/mol. The van der Waals surface area contributed by atoms with Crippen LogP contribution in [0.1, 0.15) is 19.3 Å². The van der Waals surface area contributed by atoms with Gasteiger partial charge < -0.3 is 15.7 Å². The van der Waals surface area contributed by atoms with Crippen molar-refractivity contribution in [2.45, 2.75) is 24.9 Å². The van der Waals surface area contributed by atoms with Crippen LogP contribution in [0, 0.1) is 0 Å². The maximum atomic E-state index is 11.3. The SMILES string of the molecule is C=CCSCCNC(=O)NCC1(O)CCC1. The molecule has 3 N–H and O–H groups in total. The lowest BCUT2D eigenvalue weighted by molar-refractivity contribution is -0.0289. The zero-order chi connectivity index (χ0) is 11.9. The van der Waals surface area contributed by atoms with Crippen LogP contribution >= 0.6 is 11.8 Å². The van der Waals surface area contributed by atoms with Gasteiger partial charge in [0, 0.05) is 24.6 Å². The smallest absolute Gasteiger partial charge is 0.314 e. The maximum Gasteiger partial charge on any atom is 0.314 e. The van der Waals surface area contributed by atoms with Crippen LogP contribution in [0.25, 0.3) is 0 Å². The Morgan fingerprint density at radius 2 is 2.25 bits per heavy atom. The van der Waals surface area contributed by atoms with Crippen LogP contribution in [0.2, 0.25) is 0 Å². The molecule has 1 fully saturated rings. The van der Waals surface area contributed by atoms with E-state index in [0.717, 1.165) is 30.8 Å². The van der Waals surface area contributed by atoms with E-state index in [9.17, 15) is 9.90 Å². The highest BCUT2D eigenvalue weighted by molar-refractivity contribution is 7.99. The molecule has 0 heterocycles. The van der Waals surface area contributed by atoms with Crippen LogP contribution in [0.4, 0.5) is 4.79 Å². The minimum Gasteiger partial charge on any atom is -0.388 e. The molecule has 0 radical (unpaired) electrons. The summed E-state index contributed by atoms with van der Waals surface area (Å²) in [6.45, 7) is 4.62. The minimum absolute atomic E-state index is 0.195. The Hall–Kier alpha value is -0.680. The number of nitrogens with one attached hydrogen (secondary N) is 2. The second-order valence-electron chi connectivity index (χ2n) is 4.05. The first-order valence-corrected chi connectivity index (χ1v) is 6.74. The second kappa shape index (κ2) is 6.81. The van der Waals surface area contributed by atoms with Gasteiger partial charge in [-0.25, -0.2) is 4.79 Å². The van der Waals surface area contributed by atoms with Crippen molar-refractivity contribution in [3.63, 3.8) is 0 Å². The molecule has 92 valence electrons. The van der Waals surface area contributed by atoms with E-state index in [1.54, 1.807) is 11.8 Å². The molecule has 0 atom stereocenters. The van der Waals surface area contributed by atoms with Crippen molar-refractivity contribution in [3.05, 3.63) is 12.7 Å². The summed E-state index contributed by atoms with van der Waals surface area (Å²) in [4.78, 5) is 11.3. The van der Waals surface area contributed by atoms with Gasteiger partial charge in [0.15, 0.2) is 0 Å². The van der Waals surface area contributed by atoms with E-state index in [-0.39, 0.29) is 6.03 Å². The lowest BCUT2D eigenvalue weighted by Gasteiger charge is -2.36. The van der Waals surface area contributed by atoms with Gasteiger partial charge in [-0.05, 0) is 19.3 Å². The van der Waals surface area contributed by atoms with Gasteiger partial charge in [0.05, 0.1) is 5.60 Å². The van der Waals surface area contributed by atoms with Crippen molar-refractivity contribution < 1.29 is 9.90 Å². The molecule has 0 aromatic heterocycles. The van der Waals surface area contributed by atoms with E-state index >= 15 is 0 Å².